The molecule has 1 heterocycles. The molecule has 1 aromatic carbocycles. The fourth-order valence-electron chi connectivity index (χ4n) is 2.25. The quantitative estimate of drug-likeness (QED) is 0.499. The van der Waals surface area contributed by atoms with Gasteiger partial charge in [-0.2, -0.15) is 0 Å². The van der Waals surface area contributed by atoms with Crippen molar-refractivity contribution in [1.82, 2.24) is 15.2 Å². The van der Waals surface area contributed by atoms with Crippen molar-refractivity contribution in [2.45, 2.75) is 6.42 Å². The summed E-state index contributed by atoms with van der Waals surface area (Å²) in [4.78, 5) is 28.5. The molecule has 0 saturated carbocycles. The fraction of sp³-hybridized carbons (Fsp3) is 0.333. The van der Waals surface area contributed by atoms with Gasteiger partial charge in [0, 0.05) is 18.8 Å². The normalized spacial score (nSPS) is 11.0. The number of pyridine rings is 1. The maximum atomic E-state index is 14.1. The van der Waals surface area contributed by atoms with E-state index in [1.165, 1.54) is 12.3 Å². The number of hydrogen-bond donors (Lipinski definition) is 1. The molecule has 0 aliphatic carbocycles. The third-order valence-corrected chi connectivity index (χ3v) is 3.33. The Kier molecular flexibility index (Phi) is 5.17. The van der Waals surface area contributed by atoms with Crippen LogP contribution in [0.5, 0.6) is 0 Å². The maximum absolute atomic E-state index is 14.1. The van der Waals surface area contributed by atoms with Gasteiger partial charge in [-0.3, -0.25) is 19.9 Å². The van der Waals surface area contributed by atoms with E-state index in [1.807, 2.05) is 19.0 Å². The van der Waals surface area contributed by atoms with E-state index in [0.29, 0.717) is 6.54 Å². The van der Waals surface area contributed by atoms with E-state index >= 15 is 0 Å². The summed E-state index contributed by atoms with van der Waals surface area (Å²) in [5, 5.41) is 13.6. The molecule has 8 heteroatoms. The van der Waals surface area contributed by atoms with Crippen LogP contribution in [-0.4, -0.2) is 47.9 Å². The van der Waals surface area contributed by atoms with Crippen molar-refractivity contribution in [3.05, 3.63) is 46.0 Å². The lowest BCUT2D eigenvalue weighted by Crippen LogP contribution is -2.28. The van der Waals surface area contributed by atoms with Crippen molar-refractivity contribution < 1.29 is 14.1 Å². The lowest BCUT2D eigenvalue weighted by Gasteiger charge is -2.10. The van der Waals surface area contributed by atoms with E-state index in [4.69, 9.17) is 0 Å². The first-order chi connectivity index (χ1) is 10.9. The number of nitrogens with one attached hydrogen (secondary N) is 1. The van der Waals surface area contributed by atoms with Crippen molar-refractivity contribution in [2.75, 3.05) is 27.2 Å². The van der Waals surface area contributed by atoms with Crippen LogP contribution in [0.15, 0.2) is 24.4 Å². The number of carbonyl (C=O) groups excluding carboxylic acids is 1. The van der Waals surface area contributed by atoms with Crippen LogP contribution in [0.3, 0.4) is 0 Å². The van der Waals surface area contributed by atoms with Crippen LogP contribution < -0.4 is 5.32 Å². The van der Waals surface area contributed by atoms with Crippen molar-refractivity contribution >= 4 is 22.4 Å². The number of amides is 1. The lowest BCUT2D eigenvalue weighted by molar-refractivity contribution is -0.383. The molecule has 0 radical (unpaired) electrons. The van der Waals surface area contributed by atoms with Crippen LogP contribution in [0.1, 0.15) is 16.9 Å². The smallest absolute Gasteiger partial charge is 0.277 e. The second kappa shape index (κ2) is 7.10. The van der Waals surface area contributed by atoms with Crippen molar-refractivity contribution in [2.24, 2.45) is 0 Å². The molecule has 1 amide bonds. The molecule has 0 fully saturated rings. The first-order valence-corrected chi connectivity index (χ1v) is 7.06. The van der Waals surface area contributed by atoms with Crippen LogP contribution >= 0.6 is 0 Å². The molecule has 2 rings (SSSR count). The molecule has 122 valence electrons. The number of non-ortho nitro benzene ring substituents is 1. The molecule has 0 unspecified atom stereocenters. The van der Waals surface area contributed by atoms with Gasteiger partial charge in [0.05, 0.1) is 15.7 Å². The van der Waals surface area contributed by atoms with Gasteiger partial charge in [-0.15, -0.1) is 0 Å². The Morgan fingerprint density at radius 2 is 2.13 bits per heavy atom. The highest BCUT2D eigenvalue weighted by molar-refractivity contribution is 6.07. The Hall–Kier alpha value is -2.61. The zero-order chi connectivity index (χ0) is 17.0. The van der Waals surface area contributed by atoms with Gasteiger partial charge in [-0.25, -0.2) is 4.39 Å². The van der Waals surface area contributed by atoms with Crippen LogP contribution in [-0.2, 0) is 0 Å². The highest BCUT2D eigenvalue weighted by Gasteiger charge is 2.21. The van der Waals surface area contributed by atoms with E-state index in [9.17, 15) is 19.3 Å². The van der Waals surface area contributed by atoms with E-state index in [2.05, 4.69) is 10.3 Å². The van der Waals surface area contributed by atoms with E-state index in [1.54, 1.807) is 0 Å². The van der Waals surface area contributed by atoms with Crippen LogP contribution in [0.25, 0.3) is 10.8 Å². The van der Waals surface area contributed by atoms with Crippen LogP contribution in [0.2, 0.25) is 0 Å². The number of nitrogens with zero attached hydrogens (tertiary/aromatic N) is 3. The second-order valence-corrected chi connectivity index (χ2v) is 5.32. The van der Waals surface area contributed by atoms with Gasteiger partial charge in [-0.05, 0) is 39.2 Å². The number of fused-ring (bicyclic) bond motifs is 1. The van der Waals surface area contributed by atoms with E-state index in [-0.39, 0.29) is 22.2 Å². The average molecular weight is 320 g/mol. The molecule has 0 bridgehead atoms. The van der Waals surface area contributed by atoms with Gasteiger partial charge in [0.25, 0.3) is 11.6 Å². The molecular formula is C15H17FN4O3. The van der Waals surface area contributed by atoms with Crippen LogP contribution in [0, 0.1) is 15.9 Å². The minimum absolute atomic E-state index is 0.0587. The molecule has 7 nitrogen and oxygen atoms in total. The van der Waals surface area contributed by atoms with Gasteiger partial charge >= 0.3 is 0 Å². The molecule has 0 atom stereocenters. The predicted octanol–water partition coefficient (Wildman–Crippen LogP) is 1.96. The summed E-state index contributed by atoms with van der Waals surface area (Å²) in [6, 6.07) is 3.39. The SMILES string of the molecule is CN(C)CCCNC(=O)c1nccc2c([N+](=O)[O-])ccc(F)c12. The van der Waals surface area contributed by atoms with Gasteiger partial charge in [0.15, 0.2) is 0 Å². The minimum Gasteiger partial charge on any atom is -0.351 e. The summed E-state index contributed by atoms with van der Waals surface area (Å²) in [6.45, 7) is 1.20. The summed E-state index contributed by atoms with van der Waals surface area (Å²) in [5.74, 6) is -1.26. The average Bonchev–Trinajstić information content (AvgIpc) is 2.50. The number of aromatic nitrogens is 1. The standard InChI is InChI=1S/C15H17FN4O3/c1-19(2)9-3-7-18-15(21)14-13-10(6-8-17-14)12(20(22)23)5-4-11(13)16/h4-6,8H,3,7,9H2,1-2H3,(H,18,21). The molecule has 23 heavy (non-hydrogen) atoms. The molecule has 1 aromatic heterocycles. The Labute approximate surface area is 132 Å². The number of halogens is 1. The minimum atomic E-state index is -0.711. The van der Waals surface area contributed by atoms with Gasteiger partial charge in [0.2, 0.25) is 0 Å². The number of nitro groups is 1. The molecule has 0 aliphatic heterocycles. The topological polar surface area (TPSA) is 88.4 Å². The molecule has 0 saturated heterocycles. The van der Waals surface area contributed by atoms with E-state index in [0.717, 1.165) is 25.1 Å². The zero-order valence-corrected chi connectivity index (χ0v) is 12.9. The number of benzene rings is 1. The van der Waals surface area contributed by atoms with Crippen LogP contribution in [0.4, 0.5) is 10.1 Å². The Balaban J connectivity index is 2.32. The molecule has 2 aromatic rings. The van der Waals surface area contributed by atoms with Gasteiger partial charge in [0.1, 0.15) is 11.5 Å². The highest BCUT2D eigenvalue weighted by Crippen LogP contribution is 2.29. The zero-order valence-electron chi connectivity index (χ0n) is 12.9. The molecule has 1 N–H and O–H groups in total. The summed E-state index contributed by atoms with van der Waals surface area (Å²) >= 11 is 0. The molecule has 0 spiro atoms. The van der Waals surface area contributed by atoms with Gasteiger partial charge in [-0.1, -0.05) is 0 Å². The third kappa shape index (κ3) is 3.78. The Morgan fingerprint density at radius 1 is 1.39 bits per heavy atom. The Bertz CT molecular complexity index is 749. The number of rotatable bonds is 6. The van der Waals surface area contributed by atoms with Crippen molar-refractivity contribution in [3.63, 3.8) is 0 Å². The monoisotopic (exact) mass is 320 g/mol. The third-order valence-electron chi connectivity index (χ3n) is 3.33. The fourth-order valence-corrected chi connectivity index (χ4v) is 2.25. The molecule has 0 aliphatic rings. The number of nitro benzene ring substituents is 1. The molecular weight excluding hydrogens is 303 g/mol. The number of hydrogen-bond acceptors (Lipinski definition) is 5. The predicted molar refractivity (Wildman–Crippen MR) is 83.9 cm³/mol. The summed E-state index contributed by atoms with van der Waals surface area (Å²) < 4.78 is 14.1. The number of carbonyl (C=O) groups is 1. The Morgan fingerprint density at radius 3 is 2.78 bits per heavy atom. The summed E-state index contributed by atoms with van der Waals surface area (Å²) in [7, 11) is 3.84. The van der Waals surface area contributed by atoms with Crippen molar-refractivity contribution in [1.29, 1.82) is 0 Å². The maximum Gasteiger partial charge on any atom is 0.277 e. The largest absolute Gasteiger partial charge is 0.351 e. The second-order valence-electron chi connectivity index (χ2n) is 5.32. The lowest BCUT2D eigenvalue weighted by atomic mass is 10.1. The summed E-state index contributed by atoms with van der Waals surface area (Å²) in [6.07, 6.45) is 2.00. The van der Waals surface area contributed by atoms with Crippen molar-refractivity contribution in [3.8, 4) is 0 Å². The van der Waals surface area contributed by atoms with E-state index < -0.39 is 16.6 Å². The summed E-state index contributed by atoms with van der Waals surface area (Å²) in [5.41, 5.74) is -0.404. The highest BCUT2D eigenvalue weighted by atomic mass is 19.1. The first-order valence-electron chi connectivity index (χ1n) is 7.06. The first kappa shape index (κ1) is 16.8. The van der Waals surface area contributed by atoms with Gasteiger partial charge < -0.3 is 10.2 Å².